The Morgan fingerprint density at radius 3 is 2.83 bits per heavy atom. The molecule has 0 bridgehead atoms. The van der Waals surface area contributed by atoms with Crippen LogP contribution in [0.5, 0.6) is 5.75 Å². The Morgan fingerprint density at radius 2 is 2.11 bits per heavy atom. The van der Waals surface area contributed by atoms with Crippen molar-refractivity contribution in [2.45, 2.75) is 19.4 Å². The summed E-state index contributed by atoms with van der Waals surface area (Å²) >= 11 is 0. The highest BCUT2D eigenvalue weighted by atomic mass is 16.5. The largest absolute Gasteiger partial charge is 0.494 e. The standard InChI is InChI=1S/C15H18N2O/c1-2-18-14-8-5-6-12(10-14)15(16)11-13-7-3-4-9-17-13/h3-10,15H,2,11,16H2,1H3. The van der Waals surface area contributed by atoms with Crippen molar-refractivity contribution in [3.05, 3.63) is 59.9 Å². The van der Waals surface area contributed by atoms with E-state index in [0.717, 1.165) is 23.4 Å². The van der Waals surface area contributed by atoms with Gasteiger partial charge in [-0.2, -0.15) is 0 Å². The van der Waals surface area contributed by atoms with E-state index in [2.05, 4.69) is 4.98 Å². The second kappa shape index (κ2) is 6.17. The zero-order chi connectivity index (χ0) is 12.8. The number of benzene rings is 1. The van der Waals surface area contributed by atoms with Crippen LogP contribution < -0.4 is 10.5 Å². The lowest BCUT2D eigenvalue weighted by Crippen LogP contribution is -2.14. The summed E-state index contributed by atoms with van der Waals surface area (Å²) in [4.78, 5) is 4.29. The van der Waals surface area contributed by atoms with E-state index in [1.54, 1.807) is 6.20 Å². The minimum absolute atomic E-state index is 0.0553. The van der Waals surface area contributed by atoms with Gasteiger partial charge >= 0.3 is 0 Å². The molecule has 94 valence electrons. The number of ether oxygens (including phenoxy) is 1. The Labute approximate surface area is 108 Å². The Morgan fingerprint density at radius 1 is 1.22 bits per heavy atom. The zero-order valence-electron chi connectivity index (χ0n) is 10.5. The highest BCUT2D eigenvalue weighted by Crippen LogP contribution is 2.20. The predicted molar refractivity (Wildman–Crippen MR) is 72.5 cm³/mol. The molecule has 0 saturated heterocycles. The maximum Gasteiger partial charge on any atom is 0.119 e. The smallest absolute Gasteiger partial charge is 0.119 e. The van der Waals surface area contributed by atoms with Crippen molar-refractivity contribution in [2.75, 3.05) is 6.61 Å². The highest BCUT2D eigenvalue weighted by molar-refractivity contribution is 5.31. The average Bonchev–Trinajstić information content (AvgIpc) is 2.40. The first-order chi connectivity index (χ1) is 8.79. The highest BCUT2D eigenvalue weighted by Gasteiger charge is 2.08. The molecule has 3 heteroatoms. The Kier molecular flexibility index (Phi) is 4.31. The maximum absolute atomic E-state index is 6.20. The summed E-state index contributed by atoms with van der Waals surface area (Å²) in [5.74, 6) is 0.867. The first-order valence-corrected chi connectivity index (χ1v) is 6.18. The SMILES string of the molecule is CCOc1cccc(C(N)Cc2ccccn2)c1. The molecule has 0 amide bonds. The van der Waals surface area contributed by atoms with E-state index in [0.29, 0.717) is 6.61 Å². The van der Waals surface area contributed by atoms with E-state index in [4.69, 9.17) is 10.5 Å². The van der Waals surface area contributed by atoms with Crippen molar-refractivity contribution in [2.24, 2.45) is 5.73 Å². The normalized spacial score (nSPS) is 12.1. The molecule has 2 aromatic rings. The van der Waals surface area contributed by atoms with E-state index >= 15 is 0 Å². The summed E-state index contributed by atoms with van der Waals surface area (Å²) in [5.41, 5.74) is 8.28. The van der Waals surface area contributed by atoms with Crippen LogP contribution in [0.15, 0.2) is 48.7 Å². The van der Waals surface area contributed by atoms with Crippen LogP contribution in [0.25, 0.3) is 0 Å². The number of hydrogen-bond donors (Lipinski definition) is 1. The molecule has 1 aromatic carbocycles. The molecule has 2 N–H and O–H groups in total. The molecule has 1 atom stereocenters. The van der Waals surface area contributed by atoms with Crippen LogP contribution in [0.1, 0.15) is 24.2 Å². The Hall–Kier alpha value is -1.87. The molecule has 0 aliphatic heterocycles. The summed E-state index contributed by atoms with van der Waals surface area (Å²) in [7, 11) is 0. The molecule has 18 heavy (non-hydrogen) atoms. The number of hydrogen-bond acceptors (Lipinski definition) is 3. The number of nitrogens with two attached hydrogens (primary N) is 1. The van der Waals surface area contributed by atoms with Crippen molar-refractivity contribution in [3.63, 3.8) is 0 Å². The molecule has 3 nitrogen and oxygen atoms in total. The fraction of sp³-hybridized carbons (Fsp3) is 0.267. The van der Waals surface area contributed by atoms with Crippen LogP contribution in [0.3, 0.4) is 0 Å². The summed E-state index contributed by atoms with van der Waals surface area (Å²) in [6.45, 7) is 2.64. The Balaban J connectivity index is 2.08. The van der Waals surface area contributed by atoms with Crippen molar-refractivity contribution in [1.29, 1.82) is 0 Å². The van der Waals surface area contributed by atoms with Crippen molar-refractivity contribution >= 4 is 0 Å². The lowest BCUT2D eigenvalue weighted by atomic mass is 10.0. The molecular formula is C15H18N2O. The summed E-state index contributed by atoms with van der Waals surface area (Å²) in [6, 6.07) is 13.8. The summed E-state index contributed by atoms with van der Waals surface area (Å²) < 4.78 is 5.48. The number of nitrogens with zero attached hydrogens (tertiary/aromatic N) is 1. The van der Waals surface area contributed by atoms with E-state index in [1.165, 1.54) is 0 Å². The minimum Gasteiger partial charge on any atom is -0.494 e. The number of rotatable bonds is 5. The van der Waals surface area contributed by atoms with Gasteiger partial charge in [0.1, 0.15) is 5.75 Å². The first-order valence-electron chi connectivity index (χ1n) is 6.18. The molecule has 0 fully saturated rings. The van der Waals surface area contributed by atoms with Gasteiger partial charge in [-0.1, -0.05) is 18.2 Å². The first kappa shape index (κ1) is 12.6. The van der Waals surface area contributed by atoms with Gasteiger partial charge in [-0.05, 0) is 36.8 Å². The van der Waals surface area contributed by atoms with Crippen molar-refractivity contribution in [1.82, 2.24) is 4.98 Å². The van der Waals surface area contributed by atoms with Crippen LogP contribution >= 0.6 is 0 Å². The van der Waals surface area contributed by atoms with E-state index in [-0.39, 0.29) is 6.04 Å². The lowest BCUT2D eigenvalue weighted by molar-refractivity contribution is 0.339. The Bertz CT molecular complexity index is 485. The third-order valence-corrected chi connectivity index (χ3v) is 2.75. The van der Waals surface area contributed by atoms with Gasteiger partial charge in [0.05, 0.1) is 6.61 Å². The van der Waals surface area contributed by atoms with E-state index in [1.807, 2.05) is 49.4 Å². The molecular weight excluding hydrogens is 224 g/mol. The van der Waals surface area contributed by atoms with Gasteiger partial charge in [-0.25, -0.2) is 0 Å². The molecule has 1 heterocycles. The van der Waals surface area contributed by atoms with Crippen LogP contribution in [-0.4, -0.2) is 11.6 Å². The van der Waals surface area contributed by atoms with Crippen LogP contribution in [-0.2, 0) is 6.42 Å². The third-order valence-electron chi connectivity index (χ3n) is 2.75. The van der Waals surface area contributed by atoms with Crippen LogP contribution in [0.2, 0.25) is 0 Å². The molecule has 0 spiro atoms. The molecule has 1 aromatic heterocycles. The molecule has 0 radical (unpaired) electrons. The fourth-order valence-electron chi connectivity index (χ4n) is 1.86. The number of aromatic nitrogens is 1. The quantitative estimate of drug-likeness (QED) is 0.877. The van der Waals surface area contributed by atoms with Crippen LogP contribution in [0.4, 0.5) is 0 Å². The van der Waals surface area contributed by atoms with Gasteiger partial charge in [0.15, 0.2) is 0 Å². The minimum atomic E-state index is -0.0553. The van der Waals surface area contributed by atoms with E-state index < -0.39 is 0 Å². The molecule has 0 aliphatic rings. The molecule has 0 saturated carbocycles. The maximum atomic E-state index is 6.20. The van der Waals surface area contributed by atoms with Crippen molar-refractivity contribution < 1.29 is 4.74 Å². The van der Waals surface area contributed by atoms with E-state index in [9.17, 15) is 0 Å². The topological polar surface area (TPSA) is 48.1 Å². The molecule has 0 aliphatic carbocycles. The second-order valence-corrected chi connectivity index (χ2v) is 4.14. The molecule has 1 unspecified atom stereocenters. The predicted octanol–water partition coefficient (Wildman–Crippen LogP) is 2.72. The summed E-state index contributed by atoms with van der Waals surface area (Å²) in [5, 5.41) is 0. The monoisotopic (exact) mass is 242 g/mol. The zero-order valence-corrected chi connectivity index (χ0v) is 10.5. The lowest BCUT2D eigenvalue weighted by Gasteiger charge is -2.13. The fourth-order valence-corrected chi connectivity index (χ4v) is 1.86. The van der Waals surface area contributed by atoms with Gasteiger partial charge in [-0.15, -0.1) is 0 Å². The van der Waals surface area contributed by atoms with Crippen LogP contribution in [0, 0.1) is 0 Å². The summed E-state index contributed by atoms with van der Waals surface area (Å²) in [6.07, 6.45) is 2.52. The number of pyridine rings is 1. The van der Waals surface area contributed by atoms with Gasteiger partial charge in [-0.3, -0.25) is 4.98 Å². The van der Waals surface area contributed by atoms with Gasteiger partial charge < -0.3 is 10.5 Å². The average molecular weight is 242 g/mol. The van der Waals surface area contributed by atoms with Gasteiger partial charge in [0.2, 0.25) is 0 Å². The van der Waals surface area contributed by atoms with Gasteiger partial charge in [0, 0.05) is 24.4 Å². The van der Waals surface area contributed by atoms with Crippen molar-refractivity contribution in [3.8, 4) is 5.75 Å². The second-order valence-electron chi connectivity index (χ2n) is 4.14. The van der Waals surface area contributed by atoms with Gasteiger partial charge in [0.25, 0.3) is 0 Å². The molecule has 2 rings (SSSR count). The third kappa shape index (κ3) is 3.31.